The number of carbonyl (C=O) groups excluding carboxylic acids is 1. The Labute approximate surface area is 175 Å². The van der Waals surface area contributed by atoms with Crippen LogP contribution in [0.15, 0.2) is 89.9 Å². The maximum atomic E-state index is 12.6. The van der Waals surface area contributed by atoms with Gasteiger partial charge in [-0.1, -0.05) is 72.8 Å². The Kier molecular flexibility index (Phi) is 7.90. The van der Waals surface area contributed by atoms with Crippen LogP contribution in [-0.4, -0.2) is 17.8 Å². The van der Waals surface area contributed by atoms with Crippen molar-refractivity contribution in [2.45, 2.75) is 19.3 Å². The molecule has 0 radical (unpaired) electrons. The number of nitrogens with zero attached hydrogens (tertiary/aromatic N) is 1. The van der Waals surface area contributed by atoms with Crippen LogP contribution in [0.3, 0.4) is 0 Å². The van der Waals surface area contributed by atoms with Gasteiger partial charge in [0.05, 0.1) is 5.55 Å². The molecule has 0 bridgehead atoms. The summed E-state index contributed by atoms with van der Waals surface area (Å²) in [6, 6.07) is 26.3. The van der Waals surface area contributed by atoms with E-state index in [1.54, 1.807) is 5.55 Å². The van der Waals surface area contributed by atoms with Crippen LogP contribution in [0, 0.1) is 0 Å². The molecule has 3 rings (SSSR count). The van der Waals surface area contributed by atoms with E-state index in [4.69, 9.17) is 9.47 Å². The molecule has 0 aliphatic carbocycles. The third kappa shape index (κ3) is 6.50. The summed E-state index contributed by atoms with van der Waals surface area (Å²) in [5.74, 6) is 0.361. The first-order valence-electron chi connectivity index (χ1n) is 9.28. The van der Waals surface area contributed by atoms with Gasteiger partial charge in [-0.25, -0.2) is 4.79 Å². The van der Waals surface area contributed by atoms with Gasteiger partial charge in [0.25, 0.3) is 0 Å². The van der Waals surface area contributed by atoms with Crippen LogP contribution in [0.1, 0.15) is 22.7 Å². The van der Waals surface area contributed by atoms with Gasteiger partial charge in [0.2, 0.25) is 0 Å². The Hall–Kier alpha value is -3.05. The lowest BCUT2D eigenvalue weighted by molar-refractivity contribution is -0.146. The largest absolute Gasteiger partial charge is 0.489 e. The minimum absolute atomic E-state index is 0.225. The summed E-state index contributed by atoms with van der Waals surface area (Å²) in [5, 5.41) is 0. The second kappa shape index (κ2) is 11.1. The van der Waals surface area contributed by atoms with Crippen LogP contribution in [0.4, 0.5) is 0 Å². The molecule has 0 amide bonds. The first-order valence-corrected chi connectivity index (χ1v) is 10.6. The number of benzene rings is 3. The number of aliphatic imine (C=N–C) groups is 1. The van der Waals surface area contributed by atoms with Crippen LogP contribution in [0.5, 0.6) is 5.75 Å². The molecule has 1 atom stereocenters. The number of hydrogen-bond donors (Lipinski definition) is 0. The predicted octanol–water partition coefficient (Wildman–Crippen LogP) is 5.44. The molecule has 0 fully saturated rings. The SMILES string of the molecule is CSC=N[C@@H](C(=O)OCc1ccccc1)c1ccc(OCc2ccccc2)cc1. The van der Waals surface area contributed by atoms with E-state index >= 15 is 0 Å². The van der Waals surface area contributed by atoms with Crippen molar-refractivity contribution in [1.29, 1.82) is 0 Å². The normalized spacial score (nSPS) is 11.9. The zero-order valence-electron chi connectivity index (χ0n) is 16.2. The molecule has 4 nitrogen and oxygen atoms in total. The Morgan fingerprint density at radius 1 is 0.897 bits per heavy atom. The monoisotopic (exact) mass is 405 g/mol. The van der Waals surface area contributed by atoms with Gasteiger partial charge in [0.15, 0.2) is 6.04 Å². The lowest BCUT2D eigenvalue weighted by Gasteiger charge is -2.14. The second-order valence-corrected chi connectivity index (χ2v) is 7.01. The summed E-state index contributed by atoms with van der Waals surface area (Å²) in [7, 11) is 0. The number of carbonyl (C=O) groups is 1. The van der Waals surface area contributed by atoms with E-state index in [-0.39, 0.29) is 12.6 Å². The standard InChI is InChI=1S/C24H23NO3S/c1-29-18-25-23(24(26)28-17-20-10-6-3-7-11-20)21-12-14-22(15-13-21)27-16-19-8-4-2-5-9-19/h2-15,18,23H,16-17H2,1H3/t23-/m1/s1. The van der Waals surface area contributed by atoms with Gasteiger partial charge in [-0.15, -0.1) is 11.8 Å². The Balaban J connectivity index is 1.64. The van der Waals surface area contributed by atoms with Crippen molar-refractivity contribution in [3.8, 4) is 5.75 Å². The van der Waals surface area contributed by atoms with Crippen molar-refractivity contribution >= 4 is 23.3 Å². The maximum Gasteiger partial charge on any atom is 0.335 e. The van der Waals surface area contributed by atoms with Crippen LogP contribution >= 0.6 is 11.8 Å². The molecule has 0 unspecified atom stereocenters. The number of hydrogen-bond acceptors (Lipinski definition) is 5. The molecule has 0 saturated heterocycles. The molecule has 148 valence electrons. The van der Waals surface area contributed by atoms with E-state index in [1.807, 2.05) is 91.2 Å². The zero-order valence-corrected chi connectivity index (χ0v) is 17.0. The topological polar surface area (TPSA) is 47.9 Å². The van der Waals surface area contributed by atoms with Gasteiger partial charge in [0.1, 0.15) is 19.0 Å². The number of rotatable bonds is 9. The maximum absolute atomic E-state index is 12.6. The highest BCUT2D eigenvalue weighted by Crippen LogP contribution is 2.23. The van der Waals surface area contributed by atoms with Gasteiger partial charge in [0, 0.05) is 0 Å². The number of esters is 1. The minimum Gasteiger partial charge on any atom is -0.489 e. The van der Waals surface area contributed by atoms with Crippen LogP contribution in [0.2, 0.25) is 0 Å². The van der Waals surface area contributed by atoms with E-state index in [9.17, 15) is 4.79 Å². The summed E-state index contributed by atoms with van der Waals surface area (Å²) in [6.07, 6.45) is 1.90. The highest BCUT2D eigenvalue weighted by atomic mass is 32.2. The van der Waals surface area contributed by atoms with Crippen LogP contribution < -0.4 is 4.74 Å². The molecular formula is C24H23NO3S. The van der Waals surface area contributed by atoms with Gasteiger partial charge in [-0.05, 0) is 35.1 Å². The lowest BCUT2D eigenvalue weighted by Crippen LogP contribution is -2.14. The van der Waals surface area contributed by atoms with E-state index in [2.05, 4.69) is 4.99 Å². The van der Waals surface area contributed by atoms with Crippen LogP contribution in [-0.2, 0) is 22.7 Å². The molecule has 0 aliphatic rings. The highest BCUT2D eigenvalue weighted by molar-refractivity contribution is 8.11. The molecule has 29 heavy (non-hydrogen) atoms. The fourth-order valence-electron chi connectivity index (χ4n) is 2.70. The predicted molar refractivity (Wildman–Crippen MR) is 118 cm³/mol. The van der Waals surface area contributed by atoms with Crippen molar-refractivity contribution in [2.24, 2.45) is 4.99 Å². The molecule has 0 aromatic heterocycles. The van der Waals surface area contributed by atoms with Gasteiger partial charge in [-0.2, -0.15) is 0 Å². The fraction of sp³-hybridized carbons (Fsp3) is 0.167. The summed E-state index contributed by atoms with van der Waals surface area (Å²) >= 11 is 1.44. The van der Waals surface area contributed by atoms with Gasteiger partial charge in [-0.3, -0.25) is 4.99 Å². The Morgan fingerprint density at radius 3 is 2.07 bits per heavy atom. The van der Waals surface area contributed by atoms with Gasteiger partial charge < -0.3 is 9.47 Å². The molecule has 3 aromatic rings. The lowest BCUT2D eigenvalue weighted by atomic mass is 10.1. The van der Waals surface area contributed by atoms with Crippen molar-refractivity contribution in [2.75, 3.05) is 6.26 Å². The highest BCUT2D eigenvalue weighted by Gasteiger charge is 2.21. The Morgan fingerprint density at radius 2 is 1.48 bits per heavy atom. The smallest absolute Gasteiger partial charge is 0.335 e. The molecule has 5 heteroatoms. The van der Waals surface area contributed by atoms with E-state index in [0.717, 1.165) is 22.4 Å². The molecule has 0 spiro atoms. The van der Waals surface area contributed by atoms with Gasteiger partial charge >= 0.3 is 5.97 Å². The summed E-state index contributed by atoms with van der Waals surface area (Å²) < 4.78 is 11.3. The molecule has 0 heterocycles. The average molecular weight is 406 g/mol. The third-order valence-corrected chi connectivity index (χ3v) is 4.54. The van der Waals surface area contributed by atoms with Crippen LogP contribution in [0.25, 0.3) is 0 Å². The summed E-state index contributed by atoms with van der Waals surface area (Å²) in [5.41, 5.74) is 4.47. The molecule has 3 aromatic carbocycles. The second-order valence-electron chi connectivity index (χ2n) is 6.33. The van der Waals surface area contributed by atoms with E-state index in [1.165, 1.54) is 11.8 Å². The summed E-state index contributed by atoms with van der Waals surface area (Å²) in [6.45, 7) is 0.719. The zero-order chi connectivity index (χ0) is 20.3. The van der Waals surface area contributed by atoms with Crippen molar-refractivity contribution in [3.05, 3.63) is 102 Å². The quantitative estimate of drug-likeness (QED) is 0.270. The molecule has 0 N–H and O–H groups in total. The average Bonchev–Trinajstić information content (AvgIpc) is 2.78. The fourth-order valence-corrected chi connectivity index (χ4v) is 2.94. The summed E-state index contributed by atoms with van der Waals surface area (Å²) in [4.78, 5) is 17.0. The first-order chi connectivity index (χ1) is 14.3. The Bertz CT molecular complexity index is 912. The van der Waals surface area contributed by atoms with Crippen molar-refractivity contribution in [3.63, 3.8) is 0 Å². The molecule has 0 saturated carbocycles. The number of ether oxygens (including phenoxy) is 2. The molecular weight excluding hydrogens is 382 g/mol. The van der Waals surface area contributed by atoms with E-state index < -0.39 is 6.04 Å². The van der Waals surface area contributed by atoms with Crippen molar-refractivity contribution in [1.82, 2.24) is 0 Å². The first kappa shape index (κ1) is 20.7. The molecule has 0 aliphatic heterocycles. The van der Waals surface area contributed by atoms with E-state index in [0.29, 0.717) is 6.61 Å². The third-order valence-electron chi connectivity index (χ3n) is 4.21. The van der Waals surface area contributed by atoms with Crippen molar-refractivity contribution < 1.29 is 14.3 Å². The minimum atomic E-state index is -0.700. The number of thioether (sulfide) groups is 1.